The second-order valence-corrected chi connectivity index (χ2v) is 7.02. The highest BCUT2D eigenvalue weighted by Gasteiger charge is 2.41. The second-order valence-electron chi connectivity index (χ2n) is 7.02. The molecule has 6 heteroatoms. The topological polar surface area (TPSA) is 89.9 Å². The quantitative estimate of drug-likeness (QED) is 0.768. The van der Waals surface area contributed by atoms with Crippen LogP contribution < -0.4 is 5.32 Å². The van der Waals surface area contributed by atoms with E-state index in [0.29, 0.717) is 30.4 Å². The van der Waals surface area contributed by atoms with E-state index in [1.807, 2.05) is 12.1 Å². The monoisotopic (exact) mass is 332 g/mol. The molecular weight excluding hydrogens is 308 g/mol. The molecule has 3 N–H and O–H groups in total. The molecule has 2 aliphatic rings. The van der Waals surface area contributed by atoms with E-state index in [1.54, 1.807) is 12.1 Å². The number of carboxylic acids is 1. The number of nitrogens with one attached hydrogen (secondary N) is 1. The molecular formula is C18H24N2O4. The van der Waals surface area contributed by atoms with Crippen LogP contribution in [0.1, 0.15) is 35.7 Å². The van der Waals surface area contributed by atoms with Crippen molar-refractivity contribution in [3.05, 3.63) is 35.4 Å². The van der Waals surface area contributed by atoms with Crippen molar-refractivity contribution in [3.8, 4) is 0 Å². The lowest BCUT2D eigenvalue weighted by molar-refractivity contribution is -0.121. The highest BCUT2D eigenvalue weighted by atomic mass is 16.4. The maximum atomic E-state index is 11.3. The Bertz CT molecular complexity index is 633. The zero-order valence-corrected chi connectivity index (χ0v) is 13.8. The number of nitrogens with zero attached hydrogens (tertiary/aromatic N) is 1. The van der Waals surface area contributed by atoms with Gasteiger partial charge < -0.3 is 15.5 Å². The number of rotatable bonds is 4. The first-order valence-electron chi connectivity index (χ1n) is 8.42. The average Bonchev–Trinajstić information content (AvgIpc) is 2.88. The number of likely N-dealkylation sites (tertiary alicyclic amines) is 1. The number of carbonyl (C=O) groups is 2. The van der Waals surface area contributed by atoms with Gasteiger partial charge in [-0.15, -0.1) is 0 Å². The number of fused-ring (bicyclic) bond motifs is 1. The summed E-state index contributed by atoms with van der Waals surface area (Å²) in [5, 5.41) is 22.4. The van der Waals surface area contributed by atoms with Gasteiger partial charge in [-0.1, -0.05) is 18.2 Å². The first kappa shape index (κ1) is 16.9. The summed E-state index contributed by atoms with van der Waals surface area (Å²) in [6, 6.07) is 6.93. The predicted molar refractivity (Wildman–Crippen MR) is 88.5 cm³/mol. The van der Waals surface area contributed by atoms with Crippen molar-refractivity contribution >= 4 is 11.9 Å². The summed E-state index contributed by atoms with van der Waals surface area (Å²) in [6.45, 7) is 3.82. The van der Waals surface area contributed by atoms with E-state index >= 15 is 0 Å². The van der Waals surface area contributed by atoms with Gasteiger partial charge in [0.05, 0.1) is 17.7 Å². The fraction of sp³-hybridized carbons (Fsp3) is 0.556. The van der Waals surface area contributed by atoms with Gasteiger partial charge >= 0.3 is 5.97 Å². The molecule has 1 aliphatic heterocycles. The maximum absolute atomic E-state index is 11.3. The van der Waals surface area contributed by atoms with Crippen molar-refractivity contribution in [1.29, 1.82) is 0 Å². The van der Waals surface area contributed by atoms with E-state index in [2.05, 4.69) is 10.2 Å². The Morgan fingerprint density at radius 3 is 2.54 bits per heavy atom. The van der Waals surface area contributed by atoms with Crippen molar-refractivity contribution in [2.45, 2.75) is 38.5 Å². The van der Waals surface area contributed by atoms with Crippen LogP contribution in [0.3, 0.4) is 0 Å². The third-order valence-electron chi connectivity index (χ3n) is 5.25. The molecule has 2 fully saturated rings. The second kappa shape index (κ2) is 6.91. The number of carboxylic acid groups (broad SMARTS) is 1. The summed E-state index contributed by atoms with van der Waals surface area (Å²) in [7, 11) is 0. The summed E-state index contributed by atoms with van der Waals surface area (Å²) in [4.78, 5) is 24.9. The first-order chi connectivity index (χ1) is 11.4. The molecule has 1 amide bonds. The number of benzene rings is 1. The largest absolute Gasteiger partial charge is 0.478 e. The van der Waals surface area contributed by atoms with Crippen LogP contribution in [0, 0.1) is 11.8 Å². The Labute approximate surface area is 141 Å². The van der Waals surface area contributed by atoms with Crippen LogP contribution in [0.5, 0.6) is 0 Å². The molecule has 0 bridgehead atoms. The molecule has 130 valence electrons. The van der Waals surface area contributed by atoms with E-state index in [9.17, 15) is 19.8 Å². The van der Waals surface area contributed by atoms with Crippen molar-refractivity contribution < 1.29 is 19.8 Å². The molecule has 1 saturated carbocycles. The Morgan fingerprint density at radius 1 is 1.21 bits per heavy atom. The van der Waals surface area contributed by atoms with Crippen LogP contribution in [0.25, 0.3) is 0 Å². The van der Waals surface area contributed by atoms with Crippen molar-refractivity contribution in [2.24, 2.45) is 11.8 Å². The summed E-state index contributed by atoms with van der Waals surface area (Å²) < 4.78 is 0. The minimum absolute atomic E-state index is 0.109. The van der Waals surface area contributed by atoms with Gasteiger partial charge in [0.2, 0.25) is 5.91 Å². The molecule has 4 atom stereocenters. The van der Waals surface area contributed by atoms with E-state index in [-0.39, 0.29) is 11.9 Å². The summed E-state index contributed by atoms with van der Waals surface area (Å²) in [5.41, 5.74) is 1.17. The van der Waals surface area contributed by atoms with E-state index in [0.717, 1.165) is 25.1 Å². The van der Waals surface area contributed by atoms with Gasteiger partial charge in [-0.05, 0) is 36.3 Å². The molecule has 6 nitrogen and oxygen atoms in total. The minimum atomic E-state index is -0.900. The Balaban J connectivity index is 1.66. The number of aliphatic hydroxyl groups is 1. The van der Waals surface area contributed by atoms with Crippen LogP contribution in [-0.2, 0) is 11.3 Å². The number of aromatic carboxylic acids is 1. The number of aliphatic hydroxyl groups excluding tert-OH is 1. The highest BCUT2D eigenvalue weighted by Crippen LogP contribution is 2.37. The lowest BCUT2D eigenvalue weighted by Gasteiger charge is -2.35. The zero-order valence-electron chi connectivity index (χ0n) is 13.8. The van der Waals surface area contributed by atoms with Gasteiger partial charge in [0.25, 0.3) is 0 Å². The van der Waals surface area contributed by atoms with Crippen LogP contribution in [0.15, 0.2) is 24.3 Å². The third kappa shape index (κ3) is 3.60. The molecule has 0 spiro atoms. The fourth-order valence-electron chi connectivity index (χ4n) is 4.18. The molecule has 1 heterocycles. The van der Waals surface area contributed by atoms with Crippen LogP contribution in [0.2, 0.25) is 0 Å². The zero-order chi connectivity index (χ0) is 17.3. The number of hydrogen-bond acceptors (Lipinski definition) is 4. The Kier molecular flexibility index (Phi) is 4.87. The molecule has 0 aromatic heterocycles. The molecule has 1 saturated heterocycles. The SMILES string of the molecule is CC(=O)N[C@@H]1C[C@@H]2CN(Cc3ccccc3C(=O)O)C[C@@H]2C[C@H]1O. The van der Waals surface area contributed by atoms with Gasteiger partial charge in [0, 0.05) is 26.6 Å². The molecule has 1 aromatic carbocycles. The van der Waals surface area contributed by atoms with Crippen LogP contribution >= 0.6 is 0 Å². The molecule has 24 heavy (non-hydrogen) atoms. The van der Waals surface area contributed by atoms with Gasteiger partial charge in [-0.25, -0.2) is 4.79 Å². The van der Waals surface area contributed by atoms with Crippen molar-refractivity contribution in [1.82, 2.24) is 10.2 Å². The molecule has 1 aliphatic carbocycles. The summed E-state index contributed by atoms with van der Waals surface area (Å²) >= 11 is 0. The summed E-state index contributed by atoms with van der Waals surface area (Å²) in [6.07, 6.45) is 0.969. The van der Waals surface area contributed by atoms with Gasteiger partial charge in [-0.2, -0.15) is 0 Å². The maximum Gasteiger partial charge on any atom is 0.336 e. The van der Waals surface area contributed by atoms with Gasteiger partial charge in [0.15, 0.2) is 0 Å². The number of hydrogen-bond donors (Lipinski definition) is 3. The first-order valence-corrected chi connectivity index (χ1v) is 8.42. The fourth-order valence-corrected chi connectivity index (χ4v) is 4.18. The normalized spacial score (nSPS) is 29.9. The van der Waals surface area contributed by atoms with Crippen molar-refractivity contribution in [2.75, 3.05) is 13.1 Å². The molecule has 0 unspecified atom stereocenters. The Hall–Kier alpha value is -1.92. The molecule has 0 radical (unpaired) electrons. The number of amides is 1. The van der Waals surface area contributed by atoms with E-state index in [1.165, 1.54) is 6.92 Å². The molecule has 1 aromatic rings. The number of carbonyl (C=O) groups excluding carboxylic acids is 1. The van der Waals surface area contributed by atoms with E-state index in [4.69, 9.17) is 0 Å². The van der Waals surface area contributed by atoms with E-state index < -0.39 is 12.1 Å². The standard InChI is InChI=1S/C18H24N2O4/c1-11(21)19-16-6-13-9-20(10-14(13)7-17(16)22)8-12-4-2-3-5-15(12)18(23)24/h2-5,13-14,16-17,22H,6-10H2,1H3,(H,19,21)(H,23,24)/t13-,14+,16-,17-/m1/s1. The average molecular weight is 332 g/mol. The Morgan fingerprint density at radius 2 is 1.88 bits per heavy atom. The lowest BCUT2D eigenvalue weighted by atomic mass is 9.77. The highest BCUT2D eigenvalue weighted by molar-refractivity contribution is 5.89. The third-order valence-corrected chi connectivity index (χ3v) is 5.25. The summed E-state index contributed by atoms with van der Waals surface area (Å²) in [5.74, 6) is -0.171. The van der Waals surface area contributed by atoms with Crippen LogP contribution in [0.4, 0.5) is 0 Å². The molecule has 3 rings (SSSR count). The van der Waals surface area contributed by atoms with Gasteiger partial charge in [-0.3, -0.25) is 9.69 Å². The lowest BCUT2D eigenvalue weighted by Crippen LogP contribution is -2.48. The van der Waals surface area contributed by atoms with Crippen LogP contribution in [-0.4, -0.2) is 52.2 Å². The smallest absolute Gasteiger partial charge is 0.336 e. The predicted octanol–water partition coefficient (Wildman–Crippen LogP) is 1.09. The van der Waals surface area contributed by atoms with Gasteiger partial charge in [0.1, 0.15) is 0 Å². The van der Waals surface area contributed by atoms with Crippen molar-refractivity contribution in [3.63, 3.8) is 0 Å². The minimum Gasteiger partial charge on any atom is -0.478 e.